The van der Waals surface area contributed by atoms with Gasteiger partial charge in [0.05, 0.1) is 16.2 Å². The van der Waals surface area contributed by atoms with Gasteiger partial charge in [-0.15, -0.1) is 0 Å². The molecule has 0 N–H and O–H groups in total. The molecular weight excluding hydrogens is 406 g/mol. The molecule has 0 unspecified atom stereocenters. The highest BCUT2D eigenvalue weighted by Gasteiger charge is 2.32. The van der Waals surface area contributed by atoms with E-state index >= 15 is 0 Å². The molecule has 0 saturated carbocycles. The number of amides is 1. The Morgan fingerprint density at radius 1 is 1.00 bits per heavy atom. The summed E-state index contributed by atoms with van der Waals surface area (Å²) in [5.41, 5.74) is 2.79. The van der Waals surface area contributed by atoms with Crippen molar-refractivity contribution in [2.24, 2.45) is 5.10 Å². The Morgan fingerprint density at radius 2 is 1.69 bits per heavy atom. The maximum Gasteiger partial charge on any atom is 0.281 e. The van der Waals surface area contributed by atoms with Crippen LogP contribution in [0.1, 0.15) is 11.1 Å². The van der Waals surface area contributed by atoms with Gasteiger partial charge in [0.15, 0.2) is 0 Å². The summed E-state index contributed by atoms with van der Waals surface area (Å²) in [4.78, 5) is 23.9. The van der Waals surface area contributed by atoms with Gasteiger partial charge in [0.25, 0.3) is 11.6 Å². The monoisotopic (exact) mass is 425 g/mol. The molecule has 158 valence electrons. The van der Waals surface area contributed by atoms with E-state index in [-0.39, 0.29) is 11.6 Å². The largest absolute Gasteiger partial charge is 0.489 e. The Morgan fingerprint density at radius 3 is 2.38 bits per heavy atom. The molecule has 0 aromatic heterocycles. The van der Waals surface area contributed by atoms with Crippen LogP contribution in [0.25, 0.3) is 6.08 Å². The topological polar surface area (TPSA) is 85.0 Å². The Bertz CT molecular complexity index is 1230. The van der Waals surface area contributed by atoms with Gasteiger partial charge in [-0.1, -0.05) is 61.2 Å². The summed E-state index contributed by atoms with van der Waals surface area (Å²) in [5.74, 6) is 0.283. The second kappa shape index (κ2) is 9.09. The Hall–Kier alpha value is -4.52. The third kappa shape index (κ3) is 4.17. The zero-order valence-electron chi connectivity index (χ0n) is 17.0. The average Bonchev–Trinajstić information content (AvgIpc) is 3.15. The first-order chi connectivity index (χ1) is 15.6. The van der Waals surface area contributed by atoms with E-state index in [1.807, 2.05) is 54.6 Å². The van der Waals surface area contributed by atoms with Crippen LogP contribution >= 0.6 is 0 Å². The van der Waals surface area contributed by atoms with E-state index in [1.165, 1.54) is 29.3 Å². The molecule has 7 nitrogen and oxygen atoms in total. The molecule has 0 bridgehead atoms. The molecule has 1 aliphatic rings. The van der Waals surface area contributed by atoms with E-state index in [4.69, 9.17) is 4.74 Å². The summed E-state index contributed by atoms with van der Waals surface area (Å²) >= 11 is 0. The molecule has 1 amide bonds. The third-order valence-electron chi connectivity index (χ3n) is 4.81. The minimum atomic E-state index is -0.486. The fourth-order valence-electron chi connectivity index (χ4n) is 3.28. The summed E-state index contributed by atoms with van der Waals surface area (Å²) in [5, 5.41) is 16.8. The molecule has 3 aromatic rings. The summed E-state index contributed by atoms with van der Waals surface area (Å²) in [6.07, 6.45) is 3.40. The standard InChI is InChI=1S/C25H19N3O4/c1-2-16-32-23-11-7-6-10-19(23)17-22-24(18-8-4-3-5-9-18)26-27(25(22)29)20-12-14-21(15-13-20)28(30)31/h2-15,17H,1,16H2/b22-17+. The van der Waals surface area contributed by atoms with Gasteiger partial charge in [-0.25, -0.2) is 0 Å². The number of carbonyl (C=O) groups excluding carboxylic acids is 1. The van der Waals surface area contributed by atoms with E-state index < -0.39 is 4.92 Å². The normalized spacial score (nSPS) is 14.4. The molecule has 1 aliphatic heterocycles. The van der Waals surface area contributed by atoms with Gasteiger partial charge in [0.1, 0.15) is 18.1 Å². The van der Waals surface area contributed by atoms with Crippen LogP contribution in [0.5, 0.6) is 5.75 Å². The fraction of sp³-hybridized carbons (Fsp3) is 0.0400. The van der Waals surface area contributed by atoms with Gasteiger partial charge in [-0.2, -0.15) is 10.1 Å². The lowest BCUT2D eigenvalue weighted by molar-refractivity contribution is -0.384. The number of hydrogen-bond acceptors (Lipinski definition) is 5. The molecule has 0 saturated heterocycles. The maximum atomic E-state index is 13.4. The van der Waals surface area contributed by atoms with Crippen molar-refractivity contribution in [3.63, 3.8) is 0 Å². The summed E-state index contributed by atoms with van der Waals surface area (Å²) in [6.45, 7) is 4.01. The van der Waals surface area contributed by atoms with Gasteiger partial charge in [-0.3, -0.25) is 14.9 Å². The summed E-state index contributed by atoms with van der Waals surface area (Å²) < 4.78 is 5.73. The first-order valence-electron chi connectivity index (χ1n) is 9.86. The Kier molecular flexibility index (Phi) is 5.89. The summed E-state index contributed by atoms with van der Waals surface area (Å²) in [7, 11) is 0. The number of nitrogens with zero attached hydrogens (tertiary/aromatic N) is 3. The van der Waals surface area contributed by atoms with Gasteiger partial charge < -0.3 is 4.74 Å². The van der Waals surface area contributed by atoms with Crippen LogP contribution in [0.3, 0.4) is 0 Å². The number of hydrazone groups is 1. The van der Waals surface area contributed by atoms with Crippen LogP contribution in [0, 0.1) is 10.1 Å². The third-order valence-corrected chi connectivity index (χ3v) is 4.81. The number of nitro benzene ring substituents is 1. The second-order valence-electron chi connectivity index (χ2n) is 6.90. The number of hydrogen-bond donors (Lipinski definition) is 0. The molecule has 7 heteroatoms. The lowest BCUT2D eigenvalue weighted by Gasteiger charge is -2.11. The highest BCUT2D eigenvalue weighted by atomic mass is 16.6. The van der Waals surface area contributed by atoms with E-state index in [1.54, 1.807) is 12.2 Å². The van der Waals surface area contributed by atoms with Crippen molar-refractivity contribution in [1.29, 1.82) is 0 Å². The second-order valence-corrected chi connectivity index (χ2v) is 6.90. The van der Waals surface area contributed by atoms with Crippen molar-refractivity contribution in [2.75, 3.05) is 11.6 Å². The number of carbonyl (C=O) groups is 1. The van der Waals surface area contributed by atoms with Crippen LogP contribution in [0.2, 0.25) is 0 Å². The highest BCUT2D eigenvalue weighted by Crippen LogP contribution is 2.30. The first kappa shape index (κ1) is 20.7. The summed E-state index contributed by atoms with van der Waals surface area (Å²) in [6, 6.07) is 22.5. The van der Waals surface area contributed by atoms with Crippen LogP contribution in [0.15, 0.2) is 102 Å². The van der Waals surface area contributed by atoms with E-state index in [0.29, 0.717) is 29.3 Å². The molecule has 32 heavy (non-hydrogen) atoms. The number of rotatable bonds is 7. The molecule has 0 fully saturated rings. The molecule has 4 rings (SSSR count). The number of ether oxygens (including phenoxy) is 1. The van der Waals surface area contributed by atoms with Crippen molar-refractivity contribution >= 4 is 29.1 Å². The number of para-hydroxylation sites is 1. The van der Waals surface area contributed by atoms with Crippen molar-refractivity contribution in [2.45, 2.75) is 0 Å². The fourth-order valence-corrected chi connectivity index (χ4v) is 3.28. The molecule has 1 heterocycles. The quantitative estimate of drug-likeness (QED) is 0.231. The van der Waals surface area contributed by atoms with Gasteiger partial charge in [0.2, 0.25) is 0 Å². The predicted octanol–water partition coefficient (Wildman–Crippen LogP) is 4.99. The lowest BCUT2D eigenvalue weighted by Crippen LogP contribution is -2.21. The average molecular weight is 425 g/mol. The predicted molar refractivity (Wildman–Crippen MR) is 124 cm³/mol. The van der Waals surface area contributed by atoms with Crippen molar-refractivity contribution in [3.05, 3.63) is 118 Å². The molecule has 0 radical (unpaired) electrons. The van der Waals surface area contributed by atoms with Gasteiger partial charge in [-0.05, 0) is 24.3 Å². The van der Waals surface area contributed by atoms with E-state index in [0.717, 1.165) is 11.1 Å². The molecule has 0 atom stereocenters. The lowest BCUT2D eigenvalue weighted by atomic mass is 10.00. The molecule has 3 aromatic carbocycles. The van der Waals surface area contributed by atoms with Gasteiger partial charge >= 0.3 is 0 Å². The van der Waals surface area contributed by atoms with Gasteiger partial charge in [0, 0.05) is 23.3 Å². The zero-order valence-corrected chi connectivity index (χ0v) is 17.0. The minimum Gasteiger partial charge on any atom is -0.489 e. The number of benzene rings is 3. The van der Waals surface area contributed by atoms with Crippen LogP contribution in [0.4, 0.5) is 11.4 Å². The molecule has 0 aliphatic carbocycles. The van der Waals surface area contributed by atoms with Crippen LogP contribution in [-0.2, 0) is 4.79 Å². The van der Waals surface area contributed by atoms with Crippen LogP contribution in [-0.4, -0.2) is 23.1 Å². The van der Waals surface area contributed by atoms with E-state index in [2.05, 4.69) is 11.7 Å². The SMILES string of the molecule is C=CCOc1ccccc1/C=C1/C(=O)N(c2ccc([N+](=O)[O-])cc2)N=C1c1ccccc1. The Balaban J connectivity index is 1.79. The maximum absolute atomic E-state index is 13.4. The molecular formula is C25H19N3O4. The number of nitro groups is 1. The first-order valence-corrected chi connectivity index (χ1v) is 9.86. The van der Waals surface area contributed by atoms with Crippen molar-refractivity contribution in [1.82, 2.24) is 0 Å². The van der Waals surface area contributed by atoms with Crippen molar-refractivity contribution in [3.8, 4) is 5.75 Å². The number of anilines is 1. The minimum absolute atomic E-state index is 0.0586. The van der Waals surface area contributed by atoms with Crippen LogP contribution < -0.4 is 9.75 Å². The zero-order chi connectivity index (χ0) is 22.5. The molecule has 0 spiro atoms. The Labute approximate surface area is 184 Å². The highest BCUT2D eigenvalue weighted by molar-refractivity contribution is 6.37. The number of non-ortho nitro benzene ring substituents is 1. The van der Waals surface area contributed by atoms with E-state index in [9.17, 15) is 14.9 Å². The smallest absolute Gasteiger partial charge is 0.281 e. The van der Waals surface area contributed by atoms with Crippen molar-refractivity contribution < 1.29 is 14.5 Å².